The number of hydrogen-bond acceptors (Lipinski definition) is 4. The standard InChI is InChI=1S/C16H18ClN3OS/c1-10(2)6-7-20-15(21)13-5-4-12(17)8-14(13)19-16(20)22-11(3)9-18/h4-5,8,10-11H,6-7H2,1-3H3/t11-/m0/s1. The van der Waals surface area contributed by atoms with Gasteiger partial charge in [-0.2, -0.15) is 5.26 Å². The van der Waals surface area contributed by atoms with Gasteiger partial charge in [-0.25, -0.2) is 4.98 Å². The summed E-state index contributed by atoms with van der Waals surface area (Å²) in [6, 6.07) is 7.26. The highest BCUT2D eigenvalue weighted by Gasteiger charge is 2.15. The van der Waals surface area contributed by atoms with Crippen molar-refractivity contribution in [3.05, 3.63) is 33.6 Å². The number of nitriles is 1. The third kappa shape index (κ3) is 3.82. The number of benzene rings is 1. The second-order valence-electron chi connectivity index (χ2n) is 5.58. The Morgan fingerprint density at radius 2 is 2.14 bits per heavy atom. The van der Waals surface area contributed by atoms with Crippen molar-refractivity contribution in [2.75, 3.05) is 0 Å². The van der Waals surface area contributed by atoms with E-state index in [-0.39, 0.29) is 10.8 Å². The van der Waals surface area contributed by atoms with Gasteiger partial charge in [0.15, 0.2) is 5.16 Å². The summed E-state index contributed by atoms with van der Waals surface area (Å²) in [5.41, 5.74) is 0.501. The van der Waals surface area contributed by atoms with Crippen LogP contribution in [-0.2, 0) is 6.54 Å². The van der Waals surface area contributed by atoms with Crippen LogP contribution in [0.15, 0.2) is 28.2 Å². The van der Waals surface area contributed by atoms with E-state index in [0.717, 1.165) is 6.42 Å². The van der Waals surface area contributed by atoms with Crippen LogP contribution >= 0.6 is 23.4 Å². The molecule has 2 rings (SSSR count). The molecule has 0 saturated heterocycles. The summed E-state index contributed by atoms with van der Waals surface area (Å²) in [5.74, 6) is 0.485. The van der Waals surface area contributed by atoms with Crippen LogP contribution < -0.4 is 5.56 Å². The van der Waals surface area contributed by atoms with Crippen LogP contribution in [0.4, 0.5) is 0 Å². The first-order chi connectivity index (χ1) is 10.4. The number of aromatic nitrogens is 2. The monoisotopic (exact) mass is 335 g/mol. The minimum absolute atomic E-state index is 0.0741. The third-order valence-corrected chi connectivity index (χ3v) is 4.49. The zero-order valence-electron chi connectivity index (χ0n) is 12.8. The fraction of sp³-hybridized carbons (Fsp3) is 0.438. The van der Waals surface area contributed by atoms with Crippen LogP contribution in [0.5, 0.6) is 0 Å². The van der Waals surface area contributed by atoms with Crippen molar-refractivity contribution in [3.63, 3.8) is 0 Å². The molecular weight excluding hydrogens is 318 g/mol. The average molecular weight is 336 g/mol. The van der Waals surface area contributed by atoms with E-state index in [4.69, 9.17) is 16.9 Å². The molecule has 0 aliphatic rings. The Balaban J connectivity index is 2.58. The Labute approximate surface area is 139 Å². The second kappa shape index (κ2) is 7.17. The number of hydrogen-bond donors (Lipinski definition) is 0. The minimum Gasteiger partial charge on any atom is -0.287 e. The van der Waals surface area contributed by atoms with Crippen LogP contribution in [0.3, 0.4) is 0 Å². The second-order valence-corrected chi connectivity index (χ2v) is 7.33. The molecule has 0 aliphatic heterocycles. The number of nitrogens with zero attached hydrogens (tertiary/aromatic N) is 3. The molecule has 1 heterocycles. The number of rotatable bonds is 5. The van der Waals surface area contributed by atoms with Gasteiger partial charge in [0.2, 0.25) is 0 Å². The van der Waals surface area contributed by atoms with Crippen LogP contribution in [0.1, 0.15) is 27.2 Å². The predicted octanol–water partition coefficient (Wildman–Crippen LogP) is 4.10. The Morgan fingerprint density at radius 1 is 1.41 bits per heavy atom. The first-order valence-electron chi connectivity index (χ1n) is 7.18. The smallest absolute Gasteiger partial charge is 0.262 e. The van der Waals surface area contributed by atoms with Crippen LogP contribution in [0, 0.1) is 17.2 Å². The zero-order valence-corrected chi connectivity index (χ0v) is 14.4. The largest absolute Gasteiger partial charge is 0.287 e. The molecule has 1 aromatic heterocycles. The molecule has 0 unspecified atom stereocenters. The van der Waals surface area contributed by atoms with Gasteiger partial charge in [0.25, 0.3) is 5.56 Å². The summed E-state index contributed by atoms with van der Waals surface area (Å²) < 4.78 is 1.68. The molecule has 0 saturated carbocycles. The number of fused-ring (bicyclic) bond motifs is 1. The van der Waals surface area contributed by atoms with E-state index in [1.807, 2.05) is 0 Å². The lowest BCUT2D eigenvalue weighted by molar-refractivity contribution is 0.481. The number of halogens is 1. The molecule has 0 aliphatic carbocycles. The van der Waals surface area contributed by atoms with Crippen molar-refractivity contribution in [1.29, 1.82) is 5.26 Å². The molecule has 22 heavy (non-hydrogen) atoms. The minimum atomic E-state index is -0.270. The first kappa shape index (κ1) is 16.9. The summed E-state index contributed by atoms with van der Waals surface area (Å²) in [4.78, 5) is 17.3. The maximum atomic E-state index is 12.7. The fourth-order valence-corrected chi connectivity index (χ4v) is 3.02. The summed E-state index contributed by atoms with van der Waals surface area (Å²) in [6.07, 6.45) is 0.884. The van der Waals surface area contributed by atoms with Crippen LogP contribution in [0.2, 0.25) is 5.02 Å². The molecule has 1 atom stereocenters. The Hall–Kier alpha value is -1.51. The molecule has 1 aromatic carbocycles. The molecule has 0 radical (unpaired) electrons. The van der Waals surface area contributed by atoms with Crippen molar-refractivity contribution in [3.8, 4) is 6.07 Å². The highest BCUT2D eigenvalue weighted by molar-refractivity contribution is 8.00. The molecule has 0 spiro atoms. The van der Waals surface area contributed by atoms with Gasteiger partial charge in [-0.15, -0.1) is 0 Å². The molecular formula is C16H18ClN3OS. The van der Waals surface area contributed by atoms with Gasteiger partial charge in [-0.05, 0) is 37.5 Å². The molecule has 0 amide bonds. The van der Waals surface area contributed by atoms with E-state index in [1.165, 1.54) is 11.8 Å². The maximum Gasteiger partial charge on any atom is 0.262 e. The van der Waals surface area contributed by atoms with E-state index in [1.54, 1.807) is 29.7 Å². The van der Waals surface area contributed by atoms with Crippen molar-refractivity contribution in [1.82, 2.24) is 9.55 Å². The Morgan fingerprint density at radius 3 is 2.77 bits per heavy atom. The van der Waals surface area contributed by atoms with Gasteiger partial charge in [0.05, 0.1) is 22.2 Å². The summed E-state index contributed by atoms with van der Waals surface area (Å²) in [7, 11) is 0. The van der Waals surface area contributed by atoms with Crippen molar-refractivity contribution in [2.24, 2.45) is 5.92 Å². The molecule has 0 bridgehead atoms. The van der Waals surface area contributed by atoms with E-state index < -0.39 is 0 Å². The molecule has 2 aromatic rings. The zero-order chi connectivity index (χ0) is 16.3. The highest BCUT2D eigenvalue weighted by Crippen LogP contribution is 2.24. The number of thioether (sulfide) groups is 1. The maximum absolute atomic E-state index is 12.7. The van der Waals surface area contributed by atoms with E-state index in [2.05, 4.69) is 24.9 Å². The van der Waals surface area contributed by atoms with E-state index in [0.29, 0.717) is 33.5 Å². The van der Waals surface area contributed by atoms with Gasteiger partial charge in [-0.3, -0.25) is 9.36 Å². The average Bonchev–Trinajstić information content (AvgIpc) is 2.46. The summed E-state index contributed by atoms with van der Waals surface area (Å²) >= 11 is 7.30. The molecule has 116 valence electrons. The van der Waals surface area contributed by atoms with E-state index >= 15 is 0 Å². The SMILES string of the molecule is CC(C)CCn1c(S[C@@H](C)C#N)nc2cc(Cl)ccc2c1=O. The van der Waals surface area contributed by atoms with Gasteiger partial charge in [-0.1, -0.05) is 37.2 Å². The van der Waals surface area contributed by atoms with Crippen LogP contribution in [-0.4, -0.2) is 14.8 Å². The topological polar surface area (TPSA) is 58.7 Å². The lowest BCUT2D eigenvalue weighted by Gasteiger charge is -2.14. The Bertz CT molecular complexity index is 779. The third-order valence-electron chi connectivity index (χ3n) is 3.28. The Kier molecular flexibility index (Phi) is 5.49. The van der Waals surface area contributed by atoms with Crippen LogP contribution in [0.25, 0.3) is 10.9 Å². The molecule has 6 heteroatoms. The van der Waals surface area contributed by atoms with Gasteiger partial charge in [0.1, 0.15) is 0 Å². The predicted molar refractivity (Wildman–Crippen MR) is 91.4 cm³/mol. The quantitative estimate of drug-likeness (QED) is 0.609. The fourth-order valence-electron chi connectivity index (χ4n) is 2.03. The van der Waals surface area contributed by atoms with Gasteiger partial charge >= 0.3 is 0 Å². The van der Waals surface area contributed by atoms with Crippen molar-refractivity contribution in [2.45, 2.75) is 44.1 Å². The molecule has 0 fully saturated rings. The van der Waals surface area contributed by atoms with Gasteiger partial charge < -0.3 is 0 Å². The normalized spacial score (nSPS) is 12.5. The van der Waals surface area contributed by atoms with E-state index in [9.17, 15) is 4.79 Å². The highest BCUT2D eigenvalue weighted by atomic mass is 35.5. The van der Waals surface area contributed by atoms with Crippen molar-refractivity contribution >= 4 is 34.3 Å². The molecule has 0 N–H and O–H groups in total. The lowest BCUT2D eigenvalue weighted by Crippen LogP contribution is -2.24. The molecule has 4 nitrogen and oxygen atoms in total. The summed E-state index contributed by atoms with van der Waals surface area (Å²) in [6.45, 7) is 6.63. The van der Waals surface area contributed by atoms with Gasteiger partial charge in [0, 0.05) is 11.6 Å². The first-order valence-corrected chi connectivity index (χ1v) is 8.44. The lowest BCUT2D eigenvalue weighted by atomic mass is 10.1. The van der Waals surface area contributed by atoms with Crippen molar-refractivity contribution < 1.29 is 0 Å². The summed E-state index contributed by atoms with van der Waals surface area (Å²) in [5, 5.41) is 10.4.